The minimum Gasteiger partial charge on any atom is -0.351 e. The Hall–Kier alpha value is -3.88. The van der Waals surface area contributed by atoms with Gasteiger partial charge in [0.1, 0.15) is 11.6 Å². The third-order valence-corrected chi connectivity index (χ3v) is 6.96. The van der Waals surface area contributed by atoms with E-state index in [0.717, 1.165) is 23.3 Å². The van der Waals surface area contributed by atoms with Gasteiger partial charge in [-0.25, -0.2) is 8.78 Å². The van der Waals surface area contributed by atoms with Gasteiger partial charge in [-0.1, -0.05) is 60.7 Å². The molecule has 0 aliphatic carbocycles. The van der Waals surface area contributed by atoms with E-state index < -0.39 is 23.6 Å². The maximum Gasteiger partial charge on any atom is 0.244 e. The molecule has 3 aromatic rings. The van der Waals surface area contributed by atoms with Crippen molar-refractivity contribution in [3.05, 3.63) is 113 Å². The van der Waals surface area contributed by atoms with Crippen LogP contribution in [0.15, 0.2) is 84.9 Å². The SMILES string of the molecule is NCC[C@@H]1N[C@H](CNC(=O)/C=C/c2ccc(F)cc2F)CCN(CC(c2ccccc2)c2ccccc2)C1=O. The molecule has 8 heteroatoms. The van der Waals surface area contributed by atoms with Crippen LogP contribution in [0.1, 0.15) is 35.4 Å². The lowest BCUT2D eigenvalue weighted by Gasteiger charge is -2.29. The maximum atomic E-state index is 13.8. The fraction of sp³-hybridized carbons (Fsp3) is 0.290. The average Bonchev–Trinajstić information content (AvgIpc) is 3.09. The van der Waals surface area contributed by atoms with Crippen LogP contribution in [0.2, 0.25) is 0 Å². The minimum atomic E-state index is -0.739. The smallest absolute Gasteiger partial charge is 0.244 e. The summed E-state index contributed by atoms with van der Waals surface area (Å²) in [6.07, 6.45) is 3.64. The van der Waals surface area contributed by atoms with Crippen LogP contribution in [0.3, 0.4) is 0 Å². The van der Waals surface area contributed by atoms with E-state index in [4.69, 9.17) is 5.73 Å². The molecule has 1 saturated heterocycles. The Morgan fingerprint density at radius 1 is 1.05 bits per heavy atom. The zero-order chi connectivity index (χ0) is 27.6. The van der Waals surface area contributed by atoms with Crippen molar-refractivity contribution in [1.82, 2.24) is 15.5 Å². The molecule has 204 valence electrons. The monoisotopic (exact) mass is 532 g/mol. The van der Waals surface area contributed by atoms with Crippen molar-refractivity contribution in [2.75, 3.05) is 26.2 Å². The molecule has 1 fully saturated rings. The van der Waals surface area contributed by atoms with Gasteiger partial charge in [-0.15, -0.1) is 0 Å². The number of nitrogens with two attached hydrogens (primary N) is 1. The maximum absolute atomic E-state index is 13.8. The van der Waals surface area contributed by atoms with E-state index in [1.54, 1.807) is 0 Å². The van der Waals surface area contributed by atoms with Gasteiger partial charge in [0.05, 0.1) is 6.04 Å². The molecule has 0 spiro atoms. The van der Waals surface area contributed by atoms with Crippen molar-refractivity contribution in [2.24, 2.45) is 5.73 Å². The molecule has 0 saturated carbocycles. The van der Waals surface area contributed by atoms with Crippen LogP contribution < -0.4 is 16.4 Å². The van der Waals surface area contributed by atoms with Gasteiger partial charge in [0.15, 0.2) is 0 Å². The van der Waals surface area contributed by atoms with Gasteiger partial charge in [-0.05, 0) is 48.7 Å². The van der Waals surface area contributed by atoms with Crippen LogP contribution in [-0.4, -0.2) is 55.0 Å². The highest BCUT2D eigenvalue weighted by atomic mass is 19.1. The van der Waals surface area contributed by atoms with Crippen LogP contribution in [0.4, 0.5) is 8.78 Å². The molecule has 3 aromatic carbocycles. The highest BCUT2D eigenvalue weighted by Gasteiger charge is 2.32. The molecule has 1 heterocycles. The van der Waals surface area contributed by atoms with Crippen LogP contribution >= 0.6 is 0 Å². The highest BCUT2D eigenvalue weighted by Crippen LogP contribution is 2.27. The predicted octanol–water partition coefficient (Wildman–Crippen LogP) is 3.83. The first kappa shape index (κ1) is 28.1. The van der Waals surface area contributed by atoms with Gasteiger partial charge < -0.3 is 21.3 Å². The Kier molecular flexibility index (Phi) is 9.94. The lowest BCUT2D eigenvalue weighted by molar-refractivity contribution is -0.133. The normalized spacial score (nSPS) is 17.9. The lowest BCUT2D eigenvalue weighted by atomic mass is 9.90. The third-order valence-electron chi connectivity index (χ3n) is 6.96. The van der Waals surface area contributed by atoms with Crippen LogP contribution in [0, 0.1) is 11.6 Å². The summed E-state index contributed by atoms with van der Waals surface area (Å²) in [5, 5.41) is 6.20. The summed E-state index contributed by atoms with van der Waals surface area (Å²) in [5.74, 6) is -1.81. The molecule has 0 unspecified atom stereocenters. The molecule has 0 bridgehead atoms. The second-order valence-corrected chi connectivity index (χ2v) is 9.68. The second-order valence-electron chi connectivity index (χ2n) is 9.68. The number of hydrogen-bond acceptors (Lipinski definition) is 4. The standard InChI is InChI=1S/C31H34F2N4O2/c32-25-13-11-24(28(33)19-25)12-14-30(38)35-20-26-16-18-37(31(39)29(36-26)15-17-34)21-27(22-7-3-1-4-8-22)23-9-5-2-6-10-23/h1-14,19,26-27,29,36H,15-18,20-21,34H2,(H,35,38)/b14-12+/t26-,29-/m0/s1. The fourth-order valence-electron chi connectivity index (χ4n) is 4.88. The summed E-state index contributed by atoms with van der Waals surface area (Å²) < 4.78 is 26.9. The largest absolute Gasteiger partial charge is 0.351 e. The van der Waals surface area contributed by atoms with Crippen molar-refractivity contribution in [1.29, 1.82) is 0 Å². The zero-order valence-corrected chi connectivity index (χ0v) is 21.7. The number of carbonyl (C=O) groups excluding carboxylic acids is 2. The summed E-state index contributed by atoms with van der Waals surface area (Å²) in [4.78, 5) is 27.9. The van der Waals surface area contributed by atoms with Crippen molar-refractivity contribution < 1.29 is 18.4 Å². The van der Waals surface area contributed by atoms with Crippen LogP contribution in [-0.2, 0) is 9.59 Å². The first-order valence-electron chi connectivity index (χ1n) is 13.2. The molecule has 2 amide bonds. The Morgan fingerprint density at radius 3 is 2.33 bits per heavy atom. The number of carbonyl (C=O) groups is 2. The molecule has 1 aliphatic heterocycles. The van der Waals surface area contributed by atoms with E-state index in [2.05, 4.69) is 34.9 Å². The fourth-order valence-corrected chi connectivity index (χ4v) is 4.88. The lowest BCUT2D eigenvalue weighted by Crippen LogP contribution is -2.49. The van der Waals surface area contributed by atoms with Crippen molar-refractivity contribution in [3.63, 3.8) is 0 Å². The van der Waals surface area contributed by atoms with E-state index in [0.29, 0.717) is 32.5 Å². The summed E-state index contributed by atoms with van der Waals surface area (Å²) in [7, 11) is 0. The number of benzene rings is 3. The first-order chi connectivity index (χ1) is 18.9. The molecule has 1 aliphatic rings. The highest BCUT2D eigenvalue weighted by molar-refractivity contribution is 5.91. The molecule has 4 N–H and O–H groups in total. The van der Waals surface area contributed by atoms with E-state index in [9.17, 15) is 18.4 Å². The van der Waals surface area contributed by atoms with Gasteiger partial charge in [0.25, 0.3) is 0 Å². The molecule has 39 heavy (non-hydrogen) atoms. The Morgan fingerprint density at radius 2 is 1.72 bits per heavy atom. The summed E-state index contributed by atoms with van der Waals surface area (Å²) in [6, 6.07) is 22.9. The van der Waals surface area contributed by atoms with E-state index >= 15 is 0 Å². The second kappa shape index (κ2) is 13.8. The number of nitrogens with one attached hydrogen (secondary N) is 2. The third kappa shape index (κ3) is 7.81. The molecular formula is C31H34F2N4O2. The molecule has 6 nitrogen and oxygen atoms in total. The Bertz CT molecular complexity index is 1230. The number of rotatable bonds is 10. The van der Waals surface area contributed by atoms with Crippen molar-refractivity contribution in [3.8, 4) is 0 Å². The molecule has 0 radical (unpaired) electrons. The topological polar surface area (TPSA) is 87.5 Å². The molecule has 4 rings (SSSR count). The van der Waals surface area contributed by atoms with Gasteiger partial charge in [0.2, 0.25) is 11.8 Å². The van der Waals surface area contributed by atoms with E-state index in [-0.39, 0.29) is 30.0 Å². The van der Waals surface area contributed by atoms with Crippen LogP contribution in [0.25, 0.3) is 6.08 Å². The zero-order valence-electron chi connectivity index (χ0n) is 21.7. The molecule has 2 atom stereocenters. The van der Waals surface area contributed by atoms with Crippen LogP contribution in [0.5, 0.6) is 0 Å². The predicted molar refractivity (Wildman–Crippen MR) is 149 cm³/mol. The number of nitrogens with zero attached hydrogens (tertiary/aromatic N) is 1. The number of halogens is 2. The van der Waals surface area contributed by atoms with Gasteiger partial charge >= 0.3 is 0 Å². The van der Waals surface area contributed by atoms with E-state index in [1.807, 2.05) is 41.3 Å². The number of amides is 2. The number of hydrogen-bond donors (Lipinski definition) is 3. The van der Waals surface area contributed by atoms with E-state index in [1.165, 1.54) is 18.2 Å². The average molecular weight is 533 g/mol. The quantitative estimate of drug-likeness (QED) is 0.347. The molecular weight excluding hydrogens is 498 g/mol. The van der Waals surface area contributed by atoms with Crippen molar-refractivity contribution in [2.45, 2.75) is 30.8 Å². The molecule has 0 aromatic heterocycles. The van der Waals surface area contributed by atoms with Gasteiger partial charge in [-0.3, -0.25) is 9.59 Å². The minimum absolute atomic E-state index is 0.00202. The first-order valence-corrected chi connectivity index (χ1v) is 13.2. The summed E-state index contributed by atoms with van der Waals surface area (Å²) >= 11 is 0. The van der Waals surface area contributed by atoms with Gasteiger partial charge in [0, 0.05) is 49.3 Å². The summed E-state index contributed by atoms with van der Waals surface area (Å²) in [5.41, 5.74) is 8.23. The van der Waals surface area contributed by atoms with Crippen molar-refractivity contribution >= 4 is 17.9 Å². The van der Waals surface area contributed by atoms with Gasteiger partial charge in [-0.2, -0.15) is 0 Å². The summed E-state index contributed by atoms with van der Waals surface area (Å²) in [6.45, 7) is 1.70. The Labute approximate surface area is 227 Å². The Balaban J connectivity index is 1.43.